The van der Waals surface area contributed by atoms with Gasteiger partial charge < -0.3 is 5.32 Å². The molecular formula is C14H18N6O2S. The minimum Gasteiger partial charge on any atom is -0.308 e. The minimum absolute atomic E-state index is 0.0403. The van der Waals surface area contributed by atoms with Gasteiger partial charge in [0.15, 0.2) is 0 Å². The summed E-state index contributed by atoms with van der Waals surface area (Å²) in [5.74, 6) is -0.384. The van der Waals surface area contributed by atoms with Gasteiger partial charge in [-0.3, -0.25) is 10.1 Å². The number of aromatic nitrogens is 4. The molecule has 2 N–H and O–H groups in total. The van der Waals surface area contributed by atoms with E-state index in [1.54, 1.807) is 28.9 Å². The van der Waals surface area contributed by atoms with Gasteiger partial charge in [-0.25, -0.2) is 9.48 Å². The van der Waals surface area contributed by atoms with Crippen LogP contribution in [0, 0.1) is 0 Å². The molecule has 0 aliphatic heterocycles. The Balaban J connectivity index is 1.84. The number of carbonyl (C=O) groups is 2. The van der Waals surface area contributed by atoms with E-state index in [-0.39, 0.29) is 11.3 Å². The average Bonchev–Trinajstić information content (AvgIpc) is 2.94. The predicted molar refractivity (Wildman–Crippen MR) is 87.1 cm³/mol. The van der Waals surface area contributed by atoms with E-state index in [9.17, 15) is 9.59 Å². The molecule has 9 heteroatoms. The highest BCUT2D eigenvalue weighted by Crippen LogP contribution is 2.20. The van der Waals surface area contributed by atoms with Crippen LogP contribution in [0.25, 0.3) is 0 Å². The lowest BCUT2D eigenvalue weighted by Gasteiger charge is -2.19. The van der Waals surface area contributed by atoms with Gasteiger partial charge in [0.2, 0.25) is 11.1 Å². The van der Waals surface area contributed by atoms with Crippen molar-refractivity contribution in [3.05, 3.63) is 30.3 Å². The molecule has 2 aromatic rings. The van der Waals surface area contributed by atoms with Crippen molar-refractivity contribution in [3.63, 3.8) is 0 Å². The summed E-state index contributed by atoms with van der Waals surface area (Å²) in [7, 11) is 0. The number of tetrazole rings is 1. The van der Waals surface area contributed by atoms with Gasteiger partial charge in [0.1, 0.15) is 0 Å². The maximum atomic E-state index is 11.8. The van der Waals surface area contributed by atoms with Gasteiger partial charge in [0.05, 0.1) is 11.3 Å². The summed E-state index contributed by atoms with van der Waals surface area (Å²) in [6.07, 6.45) is 0. The Morgan fingerprint density at radius 1 is 1.22 bits per heavy atom. The highest BCUT2D eigenvalue weighted by atomic mass is 32.2. The number of amides is 3. The number of hydrogen-bond acceptors (Lipinski definition) is 6. The van der Waals surface area contributed by atoms with Crippen molar-refractivity contribution in [1.29, 1.82) is 0 Å². The zero-order valence-electron chi connectivity index (χ0n) is 13.1. The number of imide groups is 1. The number of nitrogens with one attached hydrogen (secondary N) is 2. The van der Waals surface area contributed by atoms with Crippen LogP contribution in [0.1, 0.15) is 20.8 Å². The number of carbonyl (C=O) groups excluding carboxylic acids is 2. The monoisotopic (exact) mass is 334 g/mol. The maximum absolute atomic E-state index is 11.8. The number of rotatable bonds is 4. The van der Waals surface area contributed by atoms with Crippen molar-refractivity contribution < 1.29 is 9.59 Å². The molecule has 1 aromatic heterocycles. The molecule has 0 aliphatic carbocycles. The molecule has 0 radical (unpaired) electrons. The van der Waals surface area contributed by atoms with Crippen LogP contribution in [0.3, 0.4) is 0 Å². The average molecular weight is 334 g/mol. The van der Waals surface area contributed by atoms with Crippen molar-refractivity contribution in [1.82, 2.24) is 25.5 Å². The van der Waals surface area contributed by atoms with E-state index in [1.807, 2.05) is 26.8 Å². The molecule has 0 aliphatic rings. The molecule has 1 heterocycles. The van der Waals surface area contributed by atoms with Gasteiger partial charge in [-0.2, -0.15) is 0 Å². The molecule has 0 unspecified atom stereocenters. The summed E-state index contributed by atoms with van der Waals surface area (Å²) < 4.78 is 1.63. The Morgan fingerprint density at radius 2 is 1.91 bits per heavy atom. The Hall–Kier alpha value is -2.42. The summed E-state index contributed by atoms with van der Waals surface area (Å²) >= 11 is 1.17. The number of anilines is 1. The van der Waals surface area contributed by atoms with Gasteiger partial charge in [0, 0.05) is 5.69 Å². The van der Waals surface area contributed by atoms with Crippen molar-refractivity contribution in [2.45, 2.75) is 31.5 Å². The molecule has 23 heavy (non-hydrogen) atoms. The van der Waals surface area contributed by atoms with E-state index in [1.165, 1.54) is 11.8 Å². The first-order valence-electron chi connectivity index (χ1n) is 6.94. The van der Waals surface area contributed by atoms with E-state index in [4.69, 9.17) is 0 Å². The zero-order chi connectivity index (χ0) is 16.9. The van der Waals surface area contributed by atoms with Crippen LogP contribution in [-0.4, -0.2) is 37.9 Å². The third-order valence-corrected chi connectivity index (χ3v) is 3.61. The molecule has 0 bridgehead atoms. The maximum Gasteiger partial charge on any atom is 0.325 e. The molecule has 0 saturated carbocycles. The van der Waals surface area contributed by atoms with E-state index in [0.29, 0.717) is 10.8 Å². The van der Waals surface area contributed by atoms with Gasteiger partial charge in [-0.05, 0) is 43.3 Å². The molecular weight excluding hydrogens is 316 g/mol. The standard InChI is InChI=1S/C14H18N6O2S/c1-14(2,3)20-13(17-18-19-20)23-9-11(21)16-12(22)15-10-7-5-4-6-8-10/h4-8H,9H2,1-3H3,(H2,15,16,21,22). The first-order valence-corrected chi connectivity index (χ1v) is 7.92. The fourth-order valence-electron chi connectivity index (χ4n) is 1.67. The van der Waals surface area contributed by atoms with E-state index in [0.717, 1.165) is 0 Å². The third-order valence-electron chi connectivity index (χ3n) is 2.69. The first kappa shape index (κ1) is 16.9. The number of hydrogen-bond donors (Lipinski definition) is 2. The van der Waals surface area contributed by atoms with Gasteiger partial charge in [-0.1, -0.05) is 30.0 Å². The summed E-state index contributed by atoms with van der Waals surface area (Å²) in [6.45, 7) is 5.88. The van der Waals surface area contributed by atoms with Crippen molar-refractivity contribution in [2.24, 2.45) is 0 Å². The lowest BCUT2D eigenvalue weighted by molar-refractivity contribution is -0.117. The number of thioether (sulfide) groups is 1. The highest BCUT2D eigenvalue weighted by molar-refractivity contribution is 7.99. The molecule has 0 saturated heterocycles. The van der Waals surface area contributed by atoms with Crippen LogP contribution in [-0.2, 0) is 10.3 Å². The Bertz CT molecular complexity index is 680. The molecule has 0 spiro atoms. The van der Waals surface area contributed by atoms with E-state index >= 15 is 0 Å². The highest BCUT2D eigenvalue weighted by Gasteiger charge is 2.20. The van der Waals surface area contributed by atoms with Crippen LogP contribution >= 0.6 is 11.8 Å². The second kappa shape index (κ2) is 7.23. The van der Waals surface area contributed by atoms with Gasteiger partial charge >= 0.3 is 6.03 Å². The second-order valence-corrected chi connectivity index (χ2v) is 6.64. The van der Waals surface area contributed by atoms with Crippen molar-refractivity contribution >= 4 is 29.4 Å². The topological polar surface area (TPSA) is 102 Å². The Kier molecular flexibility index (Phi) is 5.32. The summed E-state index contributed by atoms with van der Waals surface area (Å²) in [5, 5.41) is 16.8. The summed E-state index contributed by atoms with van der Waals surface area (Å²) in [4.78, 5) is 23.5. The fraction of sp³-hybridized carbons (Fsp3) is 0.357. The first-order chi connectivity index (χ1) is 10.9. The number of benzene rings is 1. The minimum atomic E-state index is -0.572. The SMILES string of the molecule is CC(C)(C)n1nnnc1SCC(=O)NC(=O)Nc1ccccc1. The van der Waals surface area contributed by atoms with E-state index < -0.39 is 11.9 Å². The largest absolute Gasteiger partial charge is 0.325 e. The molecule has 3 amide bonds. The number of para-hydroxylation sites is 1. The molecule has 1 aromatic carbocycles. The molecule has 8 nitrogen and oxygen atoms in total. The second-order valence-electron chi connectivity index (χ2n) is 5.70. The van der Waals surface area contributed by atoms with E-state index in [2.05, 4.69) is 26.2 Å². The molecule has 122 valence electrons. The fourth-order valence-corrected chi connectivity index (χ4v) is 2.53. The molecule has 0 fully saturated rings. The van der Waals surface area contributed by atoms with Crippen LogP contribution in [0.2, 0.25) is 0 Å². The van der Waals surface area contributed by atoms with Gasteiger partial charge in [0.25, 0.3) is 0 Å². The number of nitrogens with zero attached hydrogens (tertiary/aromatic N) is 4. The van der Waals surface area contributed by atoms with Crippen molar-refractivity contribution in [2.75, 3.05) is 11.1 Å². The molecule has 2 rings (SSSR count). The Morgan fingerprint density at radius 3 is 2.57 bits per heavy atom. The molecule has 0 atom stereocenters. The Labute approximate surface area is 138 Å². The lowest BCUT2D eigenvalue weighted by Crippen LogP contribution is -2.35. The van der Waals surface area contributed by atoms with Crippen molar-refractivity contribution in [3.8, 4) is 0 Å². The van der Waals surface area contributed by atoms with Crippen LogP contribution in [0.4, 0.5) is 10.5 Å². The zero-order valence-corrected chi connectivity index (χ0v) is 13.9. The quantitative estimate of drug-likeness (QED) is 0.828. The van der Waals surface area contributed by atoms with Gasteiger partial charge in [-0.15, -0.1) is 5.10 Å². The summed E-state index contributed by atoms with van der Waals surface area (Å²) in [6, 6.07) is 8.31. The normalized spacial score (nSPS) is 11.1. The summed E-state index contributed by atoms with van der Waals surface area (Å²) in [5.41, 5.74) is 0.328. The van der Waals surface area contributed by atoms with Crippen LogP contribution in [0.15, 0.2) is 35.5 Å². The number of urea groups is 1. The smallest absolute Gasteiger partial charge is 0.308 e. The third kappa shape index (κ3) is 5.06. The lowest BCUT2D eigenvalue weighted by atomic mass is 10.1. The van der Waals surface area contributed by atoms with Crippen LogP contribution < -0.4 is 10.6 Å². The van der Waals surface area contributed by atoms with Crippen LogP contribution in [0.5, 0.6) is 0 Å². The predicted octanol–water partition coefficient (Wildman–Crippen LogP) is 1.87.